The molecule has 1 aliphatic heterocycles. The molecule has 2 amide bonds. The lowest BCUT2D eigenvalue weighted by molar-refractivity contribution is -0.119. The van der Waals surface area contributed by atoms with E-state index in [2.05, 4.69) is 5.32 Å². The van der Waals surface area contributed by atoms with Gasteiger partial charge >= 0.3 is 6.09 Å². The average molecular weight is 344 g/mol. The third-order valence-corrected chi connectivity index (χ3v) is 4.05. The summed E-state index contributed by atoms with van der Waals surface area (Å²) in [5.74, 6) is -1.35. The van der Waals surface area contributed by atoms with Crippen LogP contribution in [0.15, 0.2) is 18.2 Å². The number of rotatable bonds is 5. The van der Waals surface area contributed by atoms with Crippen molar-refractivity contribution in [3.8, 4) is 0 Å². The first-order valence-electron chi connectivity index (χ1n) is 6.84. The minimum Gasteiger partial charge on any atom is -0.442 e. The van der Waals surface area contributed by atoms with E-state index >= 15 is 0 Å². The van der Waals surface area contributed by atoms with Gasteiger partial charge < -0.3 is 10.1 Å². The lowest BCUT2D eigenvalue weighted by Gasteiger charge is -2.14. The van der Waals surface area contributed by atoms with Crippen molar-refractivity contribution in [1.82, 2.24) is 5.32 Å². The summed E-state index contributed by atoms with van der Waals surface area (Å²) in [6, 6.07) is 3.90. The van der Waals surface area contributed by atoms with Crippen molar-refractivity contribution >= 4 is 27.5 Å². The summed E-state index contributed by atoms with van der Waals surface area (Å²) in [7, 11) is -3.35. The van der Waals surface area contributed by atoms with Gasteiger partial charge in [-0.15, -0.1) is 0 Å². The van der Waals surface area contributed by atoms with Gasteiger partial charge in [0.15, 0.2) is 9.84 Å². The van der Waals surface area contributed by atoms with Crippen molar-refractivity contribution in [1.29, 1.82) is 0 Å². The number of benzene rings is 1. The lowest BCUT2D eigenvalue weighted by Crippen LogP contribution is -2.33. The minimum atomic E-state index is -3.35. The molecule has 9 heteroatoms. The molecule has 1 saturated heterocycles. The summed E-state index contributed by atoms with van der Waals surface area (Å²) >= 11 is 0. The smallest absolute Gasteiger partial charge is 0.414 e. The van der Waals surface area contributed by atoms with Gasteiger partial charge in [0.2, 0.25) is 5.91 Å². The first-order chi connectivity index (χ1) is 10.7. The minimum absolute atomic E-state index is 0.0404. The van der Waals surface area contributed by atoms with Crippen molar-refractivity contribution in [2.24, 2.45) is 0 Å². The highest BCUT2D eigenvalue weighted by molar-refractivity contribution is 7.89. The SMILES string of the molecule is CC(=O)NC[C@H]1CN(c2ccc(CS(C)(=O)=O)c(F)c2)C(=O)O1. The molecular formula is C14H17FN2O5S. The third-order valence-electron chi connectivity index (χ3n) is 3.22. The Hall–Kier alpha value is -2.16. The molecule has 0 bridgehead atoms. The van der Waals surface area contributed by atoms with Gasteiger partial charge in [0.05, 0.1) is 24.5 Å². The number of nitrogens with zero attached hydrogens (tertiary/aromatic N) is 1. The van der Waals surface area contributed by atoms with Crippen molar-refractivity contribution in [3.63, 3.8) is 0 Å². The number of anilines is 1. The average Bonchev–Trinajstić information content (AvgIpc) is 2.79. The molecule has 1 atom stereocenters. The summed E-state index contributed by atoms with van der Waals surface area (Å²) in [6.45, 7) is 1.70. The molecule has 1 aromatic carbocycles. The summed E-state index contributed by atoms with van der Waals surface area (Å²) in [5, 5.41) is 2.54. The van der Waals surface area contributed by atoms with Gasteiger partial charge in [-0.1, -0.05) is 6.07 Å². The van der Waals surface area contributed by atoms with Gasteiger partial charge in [-0.25, -0.2) is 17.6 Å². The molecule has 1 aromatic rings. The number of carbonyl (C=O) groups is 2. The van der Waals surface area contributed by atoms with Crippen LogP contribution in [0.3, 0.4) is 0 Å². The molecule has 126 valence electrons. The Bertz CT molecular complexity index is 735. The lowest BCUT2D eigenvalue weighted by atomic mass is 10.2. The monoisotopic (exact) mass is 344 g/mol. The van der Waals surface area contributed by atoms with Crippen LogP contribution in [0.2, 0.25) is 0 Å². The molecule has 0 spiro atoms. The molecule has 1 aliphatic rings. The Morgan fingerprint density at radius 3 is 2.74 bits per heavy atom. The van der Waals surface area contributed by atoms with E-state index in [1.807, 2.05) is 0 Å². The van der Waals surface area contributed by atoms with E-state index in [-0.39, 0.29) is 30.2 Å². The highest BCUT2D eigenvalue weighted by Crippen LogP contribution is 2.24. The van der Waals surface area contributed by atoms with Crippen LogP contribution in [0.25, 0.3) is 0 Å². The normalized spacial score (nSPS) is 18.0. The molecule has 7 nitrogen and oxygen atoms in total. The maximum atomic E-state index is 14.0. The van der Waals surface area contributed by atoms with E-state index in [0.29, 0.717) is 0 Å². The fourth-order valence-corrected chi connectivity index (χ4v) is 3.00. The highest BCUT2D eigenvalue weighted by atomic mass is 32.2. The van der Waals surface area contributed by atoms with Gasteiger partial charge in [0.25, 0.3) is 0 Å². The van der Waals surface area contributed by atoms with Gasteiger partial charge in [-0.05, 0) is 12.1 Å². The summed E-state index contributed by atoms with van der Waals surface area (Å²) in [4.78, 5) is 23.9. The number of carbonyl (C=O) groups excluding carboxylic acids is 2. The maximum absolute atomic E-state index is 14.0. The quantitative estimate of drug-likeness (QED) is 0.854. The molecule has 1 N–H and O–H groups in total. The van der Waals surface area contributed by atoms with Crippen molar-refractivity contribution in [2.45, 2.75) is 18.8 Å². The van der Waals surface area contributed by atoms with Gasteiger partial charge in [0.1, 0.15) is 11.9 Å². The summed E-state index contributed by atoms with van der Waals surface area (Å²) < 4.78 is 41.6. The second kappa shape index (κ2) is 6.53. The Kier molecular flexibility index (Phi) is 4.88. The Morgan fingerprint density at radius 2 is 2.17 bits per heavy atom. The van der Waals surface area contributed by atoms with E-state index < -0.39 is 33.6 Å². The molecule has 0 saturated carbocycles. The number of amides is 2. The number of nitrogens with one attached hydrogen (secondary N) is 1. The fraction of sp³-hybridized carbons (Fsp3) is 0.429. The summed E-state index contributed by atoms with van der Waals surface area (Å²) in [6.07, 6.45) is -0.147. The number of hydrogen-bond acceptors (Lipinski definition) is 5. The first kappa shape index (κ1) is 17.2. The molecule has 0 radical (unpaired) electrons. The third kappa shape index (κ3) is 4.65. The van der Waals surface area contributed by atoms with Crippen LogP contribution in [-0.4, -0.2) is 45.9 Å². The summed E-state index contributed by atoms with van der Waals surface area (Å²) in [5.41, 5.74) is 0.314. The Balaban J connectivity index is 2.11. The van der Waals surface area contributed by atoms with Gasteiger partial charge in [0, 0.05) is 18.7 Å². The van der Waals surface area contributed by atoms with E-state index in [9.17, 15) is 22.4 Å². The van der Waals surface area contributed by atoms with E-state index in [1.165, 1.54) is 24.0 Å². The molecule has 0 unspecified atom stereocenters. The number of cyclic esters (lactones) is 1. The highest BCUT2D eigenvalue weighted by Gasteiger charge is 2.32. The zero-order valence-corrected chi connectivity index (χ0v) is 13.5. The van der Waals surface area contributed by atoms with E-state index in [1.54, 1.807) is 0 Å². The van der Waals surface area contributed by atoms with Gasteiger partial charge in [-0.2, -0.15) is 0 Å². The second-order valence-electron chi connectivity index (χ2n) is 5.40. The van der Waals surface area contributed by atoms with Crippen LogP contribution < -0.4 is 10.2 Å². The standard InChI is InChI=1S/C14H17FN2O5S/c1-9(18)16-6-12-7-17(14(19)22-12)11-4-3-10(13(15)5-11)8-23(2,20)21/h3-5,12H,6-8H2,1-2H3,(H,16,18)/t12-/m0/s1. The molecule has 23 heavy (non-hydrogen) atoms. The Labute approximate surface area is 133 Å². The van der Waals surface area contributed by atoms with Crippen LogP contribution in [-0.2, 0) is 25.1 Å². The molecule has 1 fully saturated rings. The second-order valence-corrected chi connectivity index (χ2v) is 7.54. The van der Waals surface area contributed by atoms with Crippen LogP contribution >= 0.6 is 0 Å². The number of sulfone groups is 1. The van der Waals surface area contributed by atoms with Crippen molar-refractivity contribution in [2.75, 3.05) is 24.2 Å². The zero-order chi connectivity index (χ0) is 17.2. The van der Waals surface area contributed by atoms with Crippen LogP contribution in [0.5, 0.6) is 0 Å². The molecule has 0 aliphatic carbocycles. The zero-order valence-electron chi connectivity index (χ0n) is 12.7. The Morgan fingerprint density at radius 1 is 1.48 bits per heavy atom. The maximum Gasteiger partial charge on any atom is 0.414 e. The van der Waals surface area contributed by atoms with Crippen molar-refractivity contribution in [3.05, 3.63) is 29.6 Å². The van der Waals surface area contributed by atoms with Crippen LogP contribution in [0, 0.1) is 5.82 Å². The number of hydrogen-bond donors (Lipinski definition) is 1. The van der Waals surface area contributed by atoms with E-state index in [0.717, 1.165) is 12.3 Å². The largest absolute Gasteiger partial charge is 0.442 e. The topological polar surface area (TPSA) is 92.8 Å². The first-order valence-corrected chi connectivity index (χ1v) is 8.90. The number of ether oxygens (including phenoxy) is 1. The fourth-order valence-electron chi connectivity index (χ4n) is 2.20. The van der Waals surface area contributed by atoms with Gasteiger partial charge in [-0.3, -0.25) is 9.69 Å². The predicted octanol–water partition coefficient (Wildman–Crippen LogP) is 0.832. The molecule has 0 aromatic heterocycles. The van der Waals surface area contributed by atoms with E-state index in [4.69, 9.17) is 4.74 Å². The van der Waals surface area contributed by atoms with Crippen LogP contribution in [0.4, 0.5) is 14.9 Å². The number of halogens is 1. The predicted molar refractivity (Wildman–Crippen MR) is 81.2 cm³/mol. The molecule has 1 heterocycles. The van der Waals surface area contributed by atoms with Crippen molar-refractivity contribution < 1.29 is 27.1 Å². The van der Waals surface area contributed by atoms with Crippen LogP contribution in [0.1, 0.15) is 12.5 Å². The molecule has 2 rings (SSSR count). The molecular weight excluding hydrogens is 327 g/mol.